The predicted molar refractivity (Wildman–Crippen MR) is 51.4 cm³/mol. The third-order valence-electron chi connectivity index (χ3n) is 2.58. The Kier molecular flexibility index (Phi) is 3.30. The molecule has 1 aromatic rings. The molecule has 1 aromatic heterocycles. The van der Waals surface area contributed by atoms with Gasteiger partial charge in [-0.2, -0.15) is 18.2 Å². The van der Waals surface area contributed by atoms with Gasteiger partial charge in [0.1, 0.15) is 6.10 Å². The minimum atomic E-state index is -4.68. The normalized spacial score (nSPS) is 24.8. The van der Waals surface area contributed by atoms with E-state index in [2.05, 4.69) is 14.7 Å². The molecule has 0 aliphatic carbocycles. The molecule has 0 saturated carbocycles. The fourth-order valence-electron chi connectivity index (χ4n) is 1.33. The third kappa shape index (κ3) is 2.33. The van der Waals surface area contributed by atoms with Crippen molar-refractivity contribution in [2.75, 3.05) is 19.8 Å². The topological polar surface area (TPSA) is 83.4 Å². The number of hydrogen-bond donors (Lipinski definition) is 1. The van der Waals surface area contributed by atoms with Gasteiger partial charge >= 0.3 is 6.18 Å². The molecule has 18 heavy (non-hydrogen) atoms. The van der Waals surface area contributed by atoms with Gasteiger partial charge in [-0.15, -0.1) is 0 Å². The molecule has 0 amide bonds. The molecule has 0 aromatic carbocycles. The molecule has 9 heteroatoms. The first-order valence-electron chi connectivity index (χ1n) is 5.21. The molecular weight excluding hydrogens is 255 g/mol. The summed E-state index contributed by atoms with van der Waals surface area (Å²) in [5.74, 6) is -0.690. The van der Waals surface area contributed by atoms with Crippen molar-refractivity contribution in [3.8, 4) is 0 Å². The molecule has 6 nitrogen and oxygen atoms in total. The summed E-state index contributed by atoms with van der Waals surface area (Å²) < 4.78 is 52.9. The lowest BCUT2D eigenvalue weighted by Crippen LogP contribution is -2.48. The van der Waals surface area contributed by atoms with Gasteiger partial charge in [-0.3, -0.25) is 0 Å². The van der Waals surface area contributed by atoms with Gasteiger partial charge in [-0.05, 0) is 6.92 Å². The van der Waals surface area contributed by atoms with Gasteiger partial charge in [0.15, 0.2) is 5.54 Å². The van der Waals surface area contributed by atoms with Gasteiger partial charge in [-0.1, -0.05) is 5.16 Å². The number of rotatable bonds is 2. The fourth-order valence-corrected chi connectivity index (χ4v) is 1.33. The number of aromatic nitrogens is 2. The van der Waals surface area contributed by atoms with E-state index in [0.29, 0.717) is 13.2 Å². The highest BCUT2D eigenvalue weighted by atomic mass is 19.4. The number of ether oxygens (including phenoxy) is 2. The van der Waals surface area contributed by atoms with E-state index >= 15 is 0 Å². The predicted octanol–water partition coefficient (Wildman–Crippen LogP) is 0.894. The van der Waals surface area contributed by atoms with Crippen LogP contribution in [0.2, 0.25) is 0 Å². The van der Waals surface area contributed by atoms with E-state index in [1.165, 1.54) is 0 Å². The zero-order chi connectivity index (χ0) is 13.4. The van der Waals surface area contributed by atoms with Crippen molar-refractivity contribution >= 4 is 0 Å². The van der Waals surface area contributed by atoms with E-state index in [1.54, 1.807) is 0 Å². The molecule has 2 unspecified atom stereocenters. The Morgan fingerprint density at radius 2 is 2.06 bits per heavy atom. The van der Waals surface area contributed by atoms with Crippen LogP contribution in [-0.2, 0) is 15.0 Å². The summed E-state index contributed by atoms with van der Waals surface area (Å²) in [4.78, 5) is 3.64. The van der Waals surface area contributed by atoms with Crippen LogP contribution < -0.4 is 5.73 Å². The Balaban J connectivity index is 2.19. The molecule has 2 N–H and O–H groups in total. The van der Waals surface area contributed by atoms with Crippen molar-refractivity contribution < 1.29 is 27.2 Å². The molecule has 1 fully saturated rings. The average molecular weight is 267 g/mol. The summed E-state index contributed by atoms with van der Waals surface area (Å²) >= 11 is 0. The van der Waals surface area contributed by atoms with Crippen LogP contribution in [0.15, 0.2) is 4.52 Å². The minimum Gasteiger partial charge on any atom is -0.376 e. The first-order chi connectivity index (χ1) is 8.32. The zero-order valence-electron chi connectivity index (χ0n) is 9.53. The summed E-state index contributed by atoms with van der Waals surface area (Å²) in [5, 5.41) is 3.45. The summed E-state index contributed by atoms with van der Waals surface area (Å²) in [6.07, 6.45) is -5.30. The third-order valence-corrected chi connectivity index (χ3v) is 2.58. The Morgan fingerprint density at radius 3 is 2.61 bits per heavy atom. The summed E-state index contributed by atoms with van der Waals surface area (Å²) in [5.41, 5.74) is 2.48. The van der Waals surface area contributed by atoms with Crippen LogP contribution in [0, 0.1) is 0 Å². The van der Waals surface area contributed by atoms with E-state index in [4.69, 9.17) is 15.2 Å². The molecule has 2 heterocycles. The molecule has 0 spiro atoms. The molecular formula is C9H12F3N3O3. The van der Waals surface area contributed by atoms with Crippen molar-refractivity contribution in [1.29, 1.82) is 0 Å². The Hall–Kier alpha value is -1.19. The molecule has 0 bridgehead atoms. The molecule has 2 atom stereocenters. The second-order valence-corrected chi connectivity index (χ2v) is 4.09. The van der Waals surface area contributed by atoms with E-state index in [9.17, 15) is 13.2 Å². The lowest BCUT2D eigenvalue weighted by molar-refractivity contribution is -0.190. The van der Waals surface area contributed by atoms with E-state index in [1.807, 2.05) is 0 Å². The van der Waals surface area contributed by atoms with Crippen molar-refractivity contribution in [3.05, 3.63) is 11.7 Å². The molecule has 0 radical (unpaired) electrons. The maximum Gasteiger partial charge on any atom is 0.415 e. The monoisotopic (exact) mass is 267 g/mol. The maximum atomic E-state index is 12.7. The molecule has 1 saturated heterocycles. The van der Waals surface area contributed by atoms with E-state index in [-0.39, 0.29) is 12.4 Å². The van der Waals surface area contributed by atoms with Gasteiger partial charge in [-0.25, -0.2) is 0 Å². The summed E-state index contributed by atoms with van der Waals surface area (Å²) in [7, 11) is 0. The van der Waals surface area contributed by atoms with Gasteiger partial charge in [0.25, 0.3) is 5.89 Å². The van der Waals surface area contributed by atoms with Crippen LogP contribution in [0.25, 0.3) is 0 Å². The Labute approximate surface area is 100 Å². The van der Waals surface area contributed by atoms with Crippen LogP contribution in [0.4, 0.5) is 13.2 Å². The van der Waals surface area contributed by atoms with Gasteiger partial charge in [0.05, 0.1) is 19.8 Å². The van der Waals surface area contributed by atoms with Gasteiger partial charge in [0, 0.05) is 0 Å². The number of hydrogen-bond acceptors (Lipinski definition) is 6. The second kappa shape index (κ2) is 4.48. The fraction of sp³-hybridized carbons (Fsp3) is 0.778. The molecule has 2 rings (SSSR count). The molecule has 1 aliphatic heterocycles. The smallest absolute Gasteiger partial charge is 0.376 e. The Morgan fingerprint density at radius 1 is 1.33 bits per heavy atom. The van der Waals surface area contributed by atoms with Crippen molar-refractivity contribution in [2.45, 2.75) is 24.7 Å². The Bertz CT molecular complexity index is 413. The molecule has 1 aliphatic rings. The van der Waals surface area contributed by atoms with Crippen molar-refractivity contribution in [2.24, 2.45) is 5.73 Å². The highest BCUT2D eigenvalue weighted by Crippen LogP contribution is 2.35. The van der Waals surface area contributed by atoms with Gasteiger partial charge in [0.2, 0.25) is 5.82 Å². The quantitative estimate of drug-likeness (QED) is 0.856. The standard InChI is InChI=1S/C9H12F3N3O3/c1-8(13,9(10,11)12)7-14-6(15-18-7)5-4-16-2-3-17-5/h5H,2-4,13H2,1H3. The van der Waals surface area contributed by atoms with Crippen molar-refractivity contribution in [1.82, 2.24) is 10.1 Å². The molecule has 102 valence electrons. The largest absolute Gasteiger partial charge is 0.415 e. The van der Waals surface area contributed by atoms with E-state index < -0.39 is 23.7 Å². The minimum absolute atomic E-state index is 0.00521. The van der Waals surface area contributed by atoms with Crippen LogP contribution in [-0.4, -0.2) is 36.1 Å². The van der Waals surface area contributed by atoms with Gasteiger partial charge < -0.3 is 19.7 Å². The van der Waals surface area contributed by atoms with Crippen LogP contribution in [0.3, 0.4) is 0 Å². The maximum absolute atomic E-state index is 12.7. The van der Waals surface area contributed by atoms with Crippen LogP contribution in [0.5, 0.6) is 0 Å². The number of nitrogens with two attached hydrogens (primary N) is 1. The number of halogens is 3. The highest BCUT2D eigenvalue weighted by Gasteiger charge is 2.53. The number of nitrogens with zero attached hydrogens (tertiary/aromatic N) is 2. The first-order valence-corrected chi connectivity index (χ1v) is 5.21. The van der Waals surface area contributed by atoms with Crippen LogP contribution >= 0.6 is 0 Å². The van der Waals surface area contributed by atoms with Crippen molar-refractivity contribution in [3.63, 3.8) is 0 Å². The number of alkyl halides is 3. The second-order valence-electron chi connectivity index (χ2n) is 4.09. The van der Waals surface area contributed by atoms with Crippen LogP contribution in [0.1, 0.15) is 24.7 Å². The summed E-state index contributed by atoms with van der Waals surface area (Å²) in [6.45, 7) is 1.70. The van der Waals surface area contributed by atoms with E-state index in [0.717, 1.165) is 6.92 Å². The SMILES string of the molecule is CC(N)(c1nc(C2COCCO2)no1)C(F)(F)F. The summed E-state index contributed by atoms with van der Waals surface area (Å²) in [6, 6.07) is 0. The highest BCUT2D eigenvalue weighted by molar-refractivity contribution is 5.05. The lowest BCUT2D eigenvalue weighted by Gasteiger charge is -2.23. The lowest BCUT2D eigenvalue weighted by atomic mass is 10.0. The first kappa shape index (κ1) is 13.2. The average Bonchev–Trinajstić information content (AvgIpc) is 2.78. The zero-order valence-corrected chi connectivity index (χ0v) is 9.53.